The van der Waals surface area contributed by atoms with Gasteiger partial charge in [-0.05, 0) is 54.3 Å². The number of fused-ring (bicyclic) bond motifs is 1. The summed E-state index contributed by atoms with van der Waals surface area (Å²) in [6.45, 7) is 0.302. The Balaban J connectivity index is 1.97. The topological polar surface area (TPSA) is 61.4 Å². The smallest absolute Gasteiger partial charge is 0.404 e. The van der Waals surface area contributed by atoms with Gasteiger partial charge in [-0.2, -0.15) is 0 Å². The van der Waals surface area contributed by atoms with Gasteiger partial charge in [-0.25, -0.2) is 4.79 Å². The molecule has 0 bridgehead atoms. The molecule has 2 unspecified atom stereocenters. The van der Waals surface area contributed by atoms with Crippen LogP contribution in [0.1, 0.15) is 47.1 Å². The summed E-state index contributed by atoms with van der Waals surface area (Å²) in [5.74, 6) is 0.260. The van der Waals surface area contributed by atoms with Crippen LogP contribution in [0.2, 0.25) is 10.0 Å². The third-order valence-corrected chi connectivity index (χ3v) is 5.52. The first-order valence-electron chi connectivity index (χ1n) is 8.21. The van der Waals surface area contributed by atoms with Gasteiger partial charge in [0.15, 0.2) is 0 Å². The zero-order valence-electron chi connectivity index (χ0n) is 13.9. The van der Waals surface area contributed by atoms with Crippen molar-refractivity contribution < 1.29 is 9.90 Å². The maximum absolute atomic E-state index is 10.7. The number of carbonyl (C=O) groups is 1. The zero-order chi connectivity index (χ0) is 18.0. The van der Waals surface area contributed by atoms with Crippen molar-refractivity contribution in [2.45, 2.75) is 31.3 Å². The van der Waals surface area contributed by atoms with Crippen molar-refractivity contribution >= 4 is 29.3 Å². The fourth-order valence-electron chi connectivity index (χ4n) is 3.55. The minimum atomic E-state index is -1.02. The molecule has 3 N–H and O–H groups in total. The molecular weight excluding hydrogens is 359 g/mol. The van der Waals surface area contributed by atoms with E-state index in [9.17, 15) is 4.79 Å². The maximum Gasteiger partial charge on any atom is 0.404 e. The van der Waals surface area contributed by atoms with Crippen LogP contribution < -0.4 is 10.6 Å². The van der Waals surface area contributed by atoms with Gasteiger partial charge >= 0.3 is 6.09 Å². The van der Waals surface area contributed by atoms with E-state index < -0.39 is 6.09 Å². The summed E-state index contributed by atoms with van der Waals surface area (Å²) in [5.41, 5.74) is 4.58. The molecule has 1 amide bonds. The van der Waals surface area contributed by atoms with E-state index in [-0.39, 0.29) is 12.0 Å². The minimum Gasteiger partial charge on any atom is -0.465 e. The highest BCUT2D eigenvalue weighted by atomic mass is 35.5. The molecule has 2 aromatic carbocycles. The molecule has 0 saturated heterocycles. The molecule has 0 fully saturated rings. The SMILES string of the molecule is CNC1CCC(c2ccc(Cl)c(Cl)c2)c2ccc(CNC(=O)O)cc21. The van der Waals surface area contributed by atoms with Crippen LogP contribution in [-0.4, -0.2) is 18.2 Å². The van der Waals surface area contributed by atoms with Gasteiger partial charge in [-0.15, -0.1) is 0 Å². The predicted molar refractivity (Wildman–Crippen MR) is 101 cm³/mol. The normalized spacial score (nSPS) is 19.3. The molecule has 25 heavy (non-hydrogen) atoms. The molecule has 0 radical (unpaired) electrons. The average molecular weight is 379 g/mol. The molecule has 0 heterocycles. The Hall–Kier alpha value is -1.75. The van der Waals surface area contributed by atoms with E-state index in [1.54, 1.807) is 0 Å². The number of benzene rings is 2. The molecule has 6 heteroatoms. The van der Waals surface area contributed by atoms with Gasteiger partial charge in [0.25, 0.3) is 0 Å². The van der Waals surface area contributed by atoms with Crippen LogP contribution in [0.5, 0.6) is 0 Å². The Morgan fingerprint density at radius 2 is 1.92 bits per heavy atom. The number of hydrogen-bond acceptors (Lipinski definition) is 2. The zero-order valence-corrected chi connectivity index (χ0v) is 15.4. The number of hydrogen-bond donors (Lipinski definition) is 3. The van der Waals surface area contributed by atoms with Gasteiger partial charge in [-0.3, -0.25) is 0 Å². The van der Waals surface area contributed by atoms with Gasteiger partial charge in [0.2, 0.25) is 0 Å². The van der Waals surface area contributed by atoms with Crippen molar-refractivity contribution in [3.05, 3.63) is 68.7 Å². The van der Waals surface area contributed by atoms with E-state index in [0.717, 1.165) is 24.0 Å². The monoisotopic (exact) mass is 378 g/mol. The van der Waals surface area contributed by atoms with Crippen molar-refractivity contribution in [1.82, 2.24) is 10.6 Å². The van der Waals surface area contributed by atoms with Crippen LogP contribution in [0.15, 0.2) is 36.4 Å². The highest BCUT2D eigenvalue weighted by Crippen LogP contribution is 2.42. The van der Waals surface area contributed by atoms with E-state index in [1.165, 1.54) is 11.1 Å². The van der Waals surface area contributed by atoms with E-state index >= 15 is 0 Å². The lowest BCUT2D eigenvalue weighted by molar-refractivity contribution is 0.194. The highest BCUT2D eigenvalue weighted by molar-refractivity contribution is 6.42. The molecule has 1 aliphatic rings. The first-order valence-corrected chi connectivity index (χ1v) is 8.97. The third-order valence-electron chi connectivity index (χ3n) is 4.78. The number of rotatable bonds is 4. The second-order valence-electron chi connectivity index (χ2n) is 6.27. The van der Waals surface area contributed by atoms with Crippen LogP contribution in [0, 0.1) is 0 Å². The van der Waals surface area contributed by atoms with Gasteiger partial charge in [0.05, 0.1) is 10.0 Å². The average Bonchev–Trinajstić information content (AvgIpc) is 2.61. The Labute approximate surface area is 157 Å². The van der Waals surface area contributed by atoms with Crippen molar-refractivity contribution in [3.63, 3.8) is 0 Å². The first-order chi connectivity index (χ1) is 12.0. The van der Waals surface area contributed by atoms with Crippen LogP contribution in [0.4, 0.5) is 4.79 Å². The summed E-state index contributed by atoms with van der Waals surface area (Å²) < 4.78 is 0. The molecule has 132 valence electrons. The molecule has 0 spiro atoms. The van der Waals surface area contributed by atoms with Crippen molar-refractivity contribution in [2.24, 2.45) is 0 Å². The van der Waals surface area contributed by atoms with Gasteiger partial charge in [0, 0.05) is 18.5 Å². The summed E-state index contributed by atoms with van der Waals surface area (Å²) in [4.78, 5) is 10.7. The summed E-state index contributed by atoms with van der Waals surface area (Å²) in [6, 6.07) is 12.3. The van der Waals surface area contributed by atoms with Crippen molar-refractivity contribution in [3.8, 4) is 0 Å². The molecule has 2 aromatic rings. The number of amides is 1. The summed E-state index contributed by atoms with van der Waals surface area (Å²) >= 11 is 12.3. The van der Waals surface area contributed by atoms with E-state index in [2.05, 4.69) is 22.8 Å². The quantitative estimate of drug-likeness (QED) is 0.705. The maximum atomic E-state index is 10.7. The van der Waals surface area contributed by atoms with Gasteiger partial charge < -0.3 is 15.7 Å². The van der Waals surface area contributed by atoms with Crippen LogP contribution >= 0.6 is 23.2 Å². The number of carboxylic acid groups (broad SMARTS) is 1. The van der Waals surface area contributed by atoms with Crippen molar-refractivity contribution in [1.29, 1.82) is 0 Å². The number of halogens is 2. The third kappa shape index (κ3) is 3.92. The predicted octanol–water partition coefficient (Wildman–Crippen LogP) is 4.95. The Kier molecular flexibility index (Phi) is 5.52. The molecule has 3 rings (SSSR count). The molecule has 1 aliphatic carbocycles. The lowest BCUT2D eigenvalue weighted by atomic mass is 9.76. The Bertz CT molecular complexity index is 795. The lowest BCUT2D eigenvalue weighted by Crippen LogP contribution is -2.25. The lowest BCUT2D eigenvalue weighted by Gasteiger charge is -2.32. The van der Waals surface area contributed by atoms with Crippen LogP contribution in [-0.2, 0) is 6.54 Å². The molecule has 0 aliphatic heterocycles. The molecule has 0 aromatic heterocycles. The standard InChI is InChI=1S/C19H20Cl2N2O2/c1-22-18-7-5-13(12-3-6-16(20)17(21)9-12)14-4-2-11(8-15(14)18)10-23-19(24)25/h2-4,6,8-9,13,18,22-23H,5,7,10H2,1H3,(H,24,25). The van der Waals surface area contributed by atoms with Gasteiger partial charge in [0.1, 0.15) is 0 Å². The van der Waals surface area contributed by atoms with E-state index in [1.807, 2.05) is 31.3 Å². The van der Waals surface area contributed by atoms with Gasteiger partial charge in [-0.1, -0.05) is 47.5 Å². The molecule has 4 nitrogen and oxygen atoms in total. The Morgan fingerprint density at radius 3 is 2.60 bits per heavy atom. The van der Waals surface area contributed by atoms with Crippen LogP contribution in [0.25, 0.3) is 0 Å². The number of nitrogens with one attached hydrogen (secondary N) is 2. The Morgan fingerprint density at radius 1 is 1.12 bits per heavy atom. The summed E-state index contributed by atoms with van der Waals surface area (Å²) in [7, 11) is 1.95. The largest absolute Gasteiger partial charge is 0.465 e. The second-order valence-corrected chi connectivity index (χ2v) is 7.08. The molecule has 0 saturated carbocycles. The molecular formula is C19H20Cl2N2O2. The van der Waals surface area contributed by atoms with E-state index in [4.69, 9.17) is 28.3 Å². The van der Waals surface area contributed by atoms with E-state index in [0.29, 0.717) is 16.6 Å². The fourth-order valence-corrected chi connectivity index (χ4v) is 3.86. The fraction of sp³-hybridized carbons (Fsp3) is 0.316. The first kappa shape index (κ1) is 18.1. The summed E-state index contributed by atoms with van der Waals surface area (Å²) in [5, 5.41) is 15.7. The second kappa shape index (κ2) is 7.65. The minimum absolute atomic E-state index is 0.260. The molecule has 2 atom stereocenters. The van der Waals surface area contributed by atoms with Crippen LogP contribution in [0.3, 0.4) is 0 Å². The van der Waals surface area contributed by atoms with Crippen molar-refractivity contribution in [2.75, 3.05) is 7.05 Å². The summed E-state index contributed by atoms with van der Waals surface area (Å²) in [6.07, 6.45) is 1.00. The highest BCUT2D eigenvalue weighted by Gasteiger charge is 2.28.